The van der Waals surface area contributed by atoms with Crippen LogP contribution in [0.2, 0.25) is 0 Å². The van der Waals surface area contributed by atoms with Crippen LogP contribution in [0, 0.1) is 5.82 Å². The first-order chi connectivity index (χ1) is 19.8. The van der Waals surface area contributed by atoms with Crippen LogP contribution in [0.1, 0.15) is 56.6 Å². The number of nitrogens with one attached hydrogen (secondary N) is 1. The molecule has 0 aliphatic carbocycles. The van der Waals surface area contributed by atoms with Gasteiger partial charge in [0.25, 0.3) is 5.91 Å². The van der Waals surface area contributed by atoms with Gasteiger partial charge in [-0.15, -0.1) is 0 Å². The summed E-state index contributed by atoms with van der Waals surface area (Å²) in [6.07, 6.45) is -6.58. The van der Waals surface area contributed by atoms with Crippen LogP contribution in [0.15, 0.2) is 48.5 Å². The fourth-order valence-electron chi connectivity index (χ4n) is 4.22. The van der Waals surface area contributed by atoms with Gasteiger partial charge in [-0.2, -0.15) is 0 Å². The van der Waals surface area contributed by atoms with Crippen LogP contribution in [0.4, 0.5) is 4.39 Å². The predicted octanol–water partition coefficient (Wildman–Crippen LogP) is 2.78. The van der Waals surface area contributed by atoms with Crippen LogP contribution >= 0.6 is 0 Å². The van der Waals surface area contributed by atoms with Crippen LogP contribution < -0.4 is 10.1 Å². The van der Waals surface area contributed by atoms with E-state index in [9.17, 15) is 28.4 Å². The van der Waals surface area contributed by atoms with Crippen LogP contribution in [-0.2, 0) is 42.9 Å². The summed E-state index contributed by atoms with van der Waals surface area (Å²) in [4.78, 5) is 59.8. The van der Waals surface area contributed by atoms with Gasteiger partial charge in [-0.25, -0.2) is 4.39 Å². The van der Waals surface area contributed by atoms with Crippen LogP contribution in [-0.4, -0.2) is 67.1 Å². The summed E-state index contributed by atoms with van der Waals surface area (Å²) >= 11 is 0. The second kappa shape index (κ2) is 14.4. The van der Waals surface area contributed by atoms with E-state index in [1.54, 1.807) is 31.2 Å². The zero-order valence-electron chi connectivity index (χ0n) is 23.7. The van der Waals surface area contributed by atoms with Gasteiger partial charge >= 0.3 is 23.9 Å². The summed E-state index contributed by atoms with van der Waals surface area (Å²) in [5.74, 6) is -3.49. The van der Waals surface area contributed by atoms with E-state index >= 15 is 0 Å². The van der Waals surface area contributed by atoms with E-state index in [-0.39, 0.29) is 18.3 Å². The van der Waals surface area contributed by atoms with Crippen molar-refractivity contribution >= 4 is 29.8 Å². The second-order valence-corrected chi connectivity index (χ2v) is 9.46. The first kappa shape index (κ1) is 32.0. The highest BCUT2D eigenvalue weighted by Crippen LogP contribution is 2.31. The summed E-state index contributed by atoms with van der Waals surface area (Å²) < 4.78 is 46.3. The molecule has 12 nitrogen and oxygen atoms in total. The molecule has 1 amide bonds. The number of carbonyl (C=O) groups is 5. The van der Waals surface area contributed by atoms with Crippen molar-refractivity contribution in [2.24, 2.45) is 0 Å². The number of rotatable bonds is 10. The van der Waals surface area contributed by atoms with Crippen molar-refractivity contribution in [3.63, 3.8) is 0 Å². The van der Waals surface area contributed by atoms with Crippen molar-refractivity contribution in [2.75, 3.05) is 6.61 Å². The van der Waals surface area contributed by atoms with Gasteiger partial charge in [0.15, 0.2) is 12.2 Å². The van der Waals surface area contributed by atoms with E-state index in [0.717, 1.165) is 20.8 Å². The molecule has 0 radical (unpaired) electrons. The Balaban J connectivity index is 1.83. The van der Waals surface area contributed by atoms with Gasteiger partial charge in [0.1, 0.15) is 24.3 Å². The maximum absolute atomic E-state index is 13.2. The summed E-state index contributed by atoms with van der Waals surface area (Å²) in [6, 6.07) is 11.2. The minimum atomic E-state index is -1.38. The van der Waals surface area contributed by atoms with Gasteiger partial charge in [0.05, 0.1) is 6.04 Å². The molecule has 3 rings (SSSR count). The predicted molar refractivity (Wildman–Crippen MR) is 141 cm³/mol. The van der Waals surface area contributed by atoms with E-state index < -0.39 is 66.4 Å². The Labute approximate surface area is 241 Å². The van der Waals surface area contributed by atoms with Gasteiger partial charge in [0.2, 0.25) is 12.4 Å². The lowest BCUT2D eigenvalue weighted by Crippen LogP contribution is -2.63. The van der Waals surface area contributed by atoms with Crippen molar-refractivity contribution in [1.82, 2.24) is 5.32 Å². The number of hydrogen-bond acceptors (Lipinski definition) is 11. The molecule has 226 valence electrons. The van der Waals surface area contributed by atoms with E-state index in [4.69, 9.17) is 28.4 Å². The molecule has 1 N–H and O–H groups in total. The molecule has 6 atom stereocenters. The van der Waals surface area contributed by atoms with Crippen molar-refractivity contribution in [3.05, 3.63) is 65.5 Å². The van der Waals surface area contributed by atoms with Crippen molar-refractivity contribution in [3.8, 4) is 5.75 Å². The highest BCUT2D eigenvalue weighted by Gasteiger charge is 2.53. The van der Waals surface area contributed by atoms with Gasteiger partial charge in [-0.3, -0.25) is 24.0 Å². The van der Waals surface area contributed by atoms with Gasteiger partial charge in [-0.05, 0) is 48.9 Å². The van der Waals surface area contributed by atoms with E-state index in [2.05, 4.69) is 5.32 Å². The topological polar surface area (TPSA) is 153 Å². The Kier molecular flexibility index (Phi) is 11.0. The lowest BCUT2D eigenvalue weighted by molar-refractivity contribution is -0.288. The molecule has 0 saturated carbocycles. The van der Waals surface area contributed by atoms with Gasteiger partial charge < -0.3 is 33.7 Å². The minimum Gasteiger partial charge on any atom is -0.463 e. The zero-order valence-corrected chi connectivity index (χ0v) is 23.7. The molecule has 1 aliphatic heterocycles. The van der Waals surface area contributed by atoms with Gasteiger partial charge in [-0.1, -0.05) is 12.1 Å². The summed E-state index contributed by atoms with van der Waals surface area (Å²) in [5, 5.41) is 2.82. The van der Waals surface area contributed by atoms with Crippen molar-refractivity contribution in [2.45, 2.75) is 71.4 Å². The number of carbonyl (C=O) groups excluding carboxylic acids is 5. The minimum absolute atomic E-state index is 0.247. The molecule has 2 aromatic carbocycles. The third-order valence-corrected chi connectivity index (χ3v) is 6.03. The zero-order chi connectivity index (χ0) is 31.0. The first-order valence-electron chi connectivity index (χ1n) is 13.0. The van der Waals surface area contributed by atoms with E-state index in [1.807, 2.05) is 0 Å². The molecule has 1 heterocycles. The number of hydrogen-bond donors (Lipinski definition) is 1. The maximum atomic E-state index is 13.2. The monoisotopic (exact) mass is 589 g/mol. The maximum Gasteiger partial charge on any atom is 0.303 e. The summed E-state index contributed by atoms with van der Waals surface area (Å²) in [7, 11) is 0. The fourth-order valence-corrected chi connectivity index (χ4v) is 4.22. The number of ether oxygens (including phenoxy) is 6. The highest BCUT2D eigenvalue weighted by atomic mass is 19.1. The second-order valence-electron chi connectivity index (χ2n) is 9.46. The number of amides is 1. The molecule has 13 heteroatoms. The Hall–Kier alpha value is -4.52. The molecule has 0 spiro atoms. The molecule has 42 heavy (non-hydrogen) atoms. The number of esters is 4. The van der Waals surface area contributed by atoms with E-state index in [1.165, 1.54) is 31.2 Å². The molecular weight excluding hydrogens is 557 g/mol. The molecule has 2 aromatic rings. The van der Waals surface area contributed by atoms with E-state index in [0.29, 0.717) is 11.1 Å². The lowest BCUT2D eigenvalue weighted by atomic mass is 9.98. The third-order valence-electron chi connectivity index (χ3n) is 6.03. The smallest absolute Gasteiger partial charge is 0.303 e. The van der Waals surface area contributed by atoms with Gasteiger partial charge in [0, 0.05) is 33.3 Å². The normalized spacial score (nSPS) is 22.2. The average Bonchev–Trinajstić information content (AvgIpc) is 2.90. The first-order valence-corrected chi connectivity index (χ1v) is 13.0. The lowest BCUT2D eigenvalue weighted by Gasteiger charge is -2.43. The van der Waals surface area contributed by atoms with Crippen LogP contribution in [0.25, 0.3) is 0 Å². The molecule has 0 aromatic heterocycles. The fraction of sp³-hybridized carbons (Fsp3) is 0.414. The molecule has 1 aliphatic rings. The third kappa shape index (κ3) is 8.99. The Morgan fingerprint density at radius 2 is 1.33 bits per heavy atom. The largest absolute Gasteiger partial charge is 0.463 e. The van der Waals surface area contributed by atoms with Crippen molar-refractivity contribution in [1.29, 1.82) is 0 Å². The Morgan fingerprint density at radius 3 is 1.88 bits per heavy atom. The standard InChI is InChI=1S/C29H32FNO11/c1-15(31-28(36)21-6-10-22(30)11-7-21)20-8-12-23(13-9-20)41-29-27(40-19(5)35)26(39-18(4)34)25(38-17(3)33)24(42-29)14-37-16(2)32/h6-13,15,24-27,29H,14H2,1-5H3,(H,31,36)/t15-,24?,25?,26?,27?,29?/m0/s1. The quantitative estimate of drug-likeness (QED) is 0.322. The van der Waals surface area contributed by atoms with Crippen LogP contribution in [0.5, 0.6) is 5.75 Å². The summed E-state index contributed by atoms with van der Waals surface area (Å²) in [6.45, 7) is 5.93. The molecule has 5 unspecified atom stereocenters. The molecular formula is C29H32FNO11. The number of benzene rings is 2. The number of halogens is 1. The Morgan fingerprint density at radius 1 is 0.786 bits per heavy atom. The molecule has 1 fully saturated rings. The Bertz CT molecular complexity index is 1280. The average molecular weight is 590 g/mol. The molecule has 1 saturated heterocycles. The highest BCUT2D eigenvalue weighted by molar-refractivity contribution is 5.94. The van der Waals surface area contributed by atoms with Crippen LogP contribution in [0.3, 0.4) is 0 Å². The summed E-state index contributed by atoms with van der Waals surface area (Å²) in [5.41, 5.74) is 1.01. The molecule has 0 bridgehead atoms. The SMILES string of the molecule is CC(=O)OCC1OC(Oc2ccc([C@H](C)NC(=O)c3ccc(F)cc3)cc2)C(OC(C)=O)C(OC(C)=O)C1OC(C)=O. The van der Waals surface area contributed by atoms with Crippen molar-refractivity contribution < 1.29 is 56.8 Å².